The molecule has 0 N–H and O–H groups in total. The number of anilines is 1. The Morgan fingerprint density at radius 2 is 2.13 bits per heavy atom. The van der Waals surface area contributed by atoms with Gasteiger partial charge in [-0.3, -0.25) is 4.90 Å². The van der Waals surface area contributed by atoms with Crippen molar-refractivity contribution in [3.8, 4) is 0 Å². The molecule has 0 aliphatic rings. The molecule has 0 heterocycles. The van der Waals surface area contributed by atoms with Crippen LogP contribution in [0.1, 0.15) is 0 Å². The van der Waals surface area contributed by atoms with Crippen LogP contribution in [-0.4, -0.2) is 25.7 Å². The Labute approximate surface area is 87.8 Å². The van der Waals surface area contributed by atoms with Gasteiger partial charge in [0.15, 0.2) is 0 Å². The summed E-state index contributed by atoms with van der Waals surface area (Å²) in [5, 5.41) is 0. The fourth-order valence-electron chi connectivity index (χ4n) is 1.13. The van der Waals surface area contributed by atoms with Gasteiger partial charge in [-0.1, -0.05) is 18.2 Å². The number of ether oxygens (including phenoxy) is 1. The van der Waals surface area contributed by atoms with Crippen molar-refractivity contribution < 1.29 is 14.3 Å². The van der Waals surface area contributed by atoms with Crippen LogP contribution in [0.2, 0.25) is 0 Å². The highest BCUT2D eigenvalue weighted by molar-refractivity contribution is 5.88. The largest absolute Gasteiger partial charge is 0.452 e. The topological polar surface area (TPSA) is 46.6 Å². The number of carbonyl (C=O) groups excluding carboxylic acids is 2. The average Bonchev–Trinajstić information content (AvgIpc) is 2.30. The Hall–Kier alpha value is -2.06. The summed E-state index contributed by atoms with van der Waals surface area (Å²) >= 11 is 0. The zero-order valence-electron chi connectivity index (χ0n) is 8.34. The Bertz CT molecular complexity index is 369. The molecule has 1 aromatic rings. The van der Waals surface area contributed by atoms with E-state index >= 15 is 0 Å². The van der Waals surface area contributed by atoms with E-state index in [2.05, 4.69) is 4.74 Å². The first-order chi connectivity index (χ1) is 7.29. The molecule has 1 rings (SSSR count). The first kappa shape index (κ1) is 11.0. The normalized spacial score (nSPS) is 8.87. The third kappa shape index (κ3) is 2.97. The highest BCUT2D eigenvalue weighted by Gasteiger charge is 2.13. The summed E-state index contributed by atoms with van der Waals surface area (Å²) in [6.45, 7) is 0.153. The van der Waals surface area contributed by atoms with Crippen LogP contribution in [-0.2, 0) is 9.53 Å². The molecule has 0 bridgehead atoms. The van der Waals surface area contributed by atoms with E-state index in [0.717, 1.165) is 0 Å². The Morgan fingerprint density at radius 1 is 1.47 bits per heavy atom. The molecule has 0 fully saturated rings. The molecule has 0 saturated heterocycles. The molecule has 1 aromatic carbocycles. The number of rotatable bonds is 3. The van der Waals surface area contributed by atoms with Gasteiger partial charge in [0, 0.05) is 11.8 Å². The van der Waals surface area contributed by atoms with Gasteiger partial charge in [-0.25, -0.2) is 9.59 Å². The van der Waals surface area contributed by atoms with E-state index < -0.39 is 6.09 Å². The van der Waals surface area contributed by atoms with Crippen molar-refractivity contribution in [2.24, 2.45) is 0 Å². The summed E-state index contributed by atoms with van der Waals surface area (Å²) in [7, 11) is 1.29. The van der Waals surface area contributed by atoms with E-state index in [-0.39, 0.29) is 6.54 Å². The maximum Gasteiger partial charge on any atom is 0.414 e. The molecule has 0 saturated carbocycles. The minimum Gasteiger partial charge on any atom is -0.452 e. The Balaban J connectivity index is 2.90. The Kier molecular flexibility index (Phi) is 4.13. The van der Waals surface area contributed by atoms with Crippen LogP contribution in [0.15, 0.2) is 36.4 Å². The molecule has 0 unspecified atom stereocenters. The van der Waals surface area contributed by atoms with E-state index in [1.165, 1.54) is 18.1 Å². The number of hydrogen-bond acceptors (Lipinski definition) is 3. The average molecular weight is 205 g/mol. The first-order valence-corrected chi connectivity index (χ1v) is 4.39. The van der Waals surface area contributed by atoms with Crippen LogP contribution in [0.3, 0.4) is 0 Å². The standard InChI is InChI=1S/C11H11NO3/c1-15-11(14)12(8-5-9-13)10-6-3-2-4-7-10/h2-7H,8H2,1H3. The number of benzene rings is 1. The molecule has 78 valence electrons. The highest BCUT2D eigenvalue weighted by atomic mass is 16.5. The molecule has 4 heteroatoms. The SMILES string of the molecule is COC(=O)N(CC=C=O)c1ccccc1. The van der Waals surface area contributed by atoms with Crippen molar-refractivity contribution in [3.05, 3.63) is 36.4 Å². The van der Waals surface area contributed by atoms with Gasteiger partial charge in [-0.15, -0.1) is 0 Å². The molecular formula is C11H11NO3. The molecule has 0 aliphatic heterocycles. The lowest BCUT2D eigenvalue weighted by Crippen LogP contribution is -2.30. The van der Waals surface area contributed by atoms with Gasteiger partial charge in [0.2, 0.25) is 0 Å². The van der Waals surface area contributed by atoms with E-state index in [9.17, 15) is 9.59 Å². The Morgan fingerprint density at radius 3 is 2.67 bits per heavy atom. The van der Waals surface area contributed by atoms with Crippen molar-refractivity contribution >= 4 is 17.7 Å². The van der Waals surface area contributed by atoms with E-state index in [4.69, 9.17) is 0 Å². The van der Waals surface area contributed by atoms with Crippen LogP contribution in [0, 0.1) is 0 Å². The van der Waals surface area contributed by atoms with Gasteiger partial charge < -0.3 is 4.74 Å². The van der Waals surface area contributed by atoms with Crippen molar-refractivity contribution in [2.75, 3.05) is 18.6 Å². The van der Waals surface area contributed by atoms with Gasteiger partial charge in [-0.2, -0.15) is 0 Å². The summed E-state index contributed by atoms with van der Waals surface area (Å²) in [5.74, 6) is 1.62. The molecule has 0 atom stereocenters. The number of nitrogens with zero attached hydrogens (tertiary/aromatic N) is 1. The van der Waals surface area contributed by atoms with Crippen LogP contribution in [0.25, 0.3) is 0 Å². The zero-order chi connectivity index (χ0) is 11.1. The van der Waals surface area contributed by atoms with Crippen molar-refractivity contribution in [3.63, 3.8) is 0 Å². The van der Waals surface area contributed by atoms with Crippen molar-refractivity contribution in [1.82, 2.24) is 0 Å². The minimum absolute atomic E-state index is 0.153. The van der Waals surface area contributed by atoms with Gasteiger partial charge in [-0.05, 0) is 12.1 Å². The maximum atomic E-state index is 11.4. The molecule has 15 heavy (non-hydrogen) atoms. The van der Waals surface area contributed by atoms with Crippen molar-refractivity contribution in [2.45, 2.75) is 0 Å². The lowest BCUT2D eigenvalue weighted by atomic mass is 10.3. The minimum atomic E-state index is -0.507. The second kappa shape index (κ2) is 5.62. The second-order valence-electron chi connectivity index (χ2n) is 2.74. The lowest BCUT2D eigenvalue weighted by Gasteiger charge is -2.18. The molecule has 0 aromatic heterocycles. The summed E-state index contributed by atoms with van der Waals surface area (Å²) < 4.78 is 4.60. The van der Waals surface area contributed by atoms with Gasteiger partial charge in [0.25, 0.3) is 0 Å². The van der Waals surface area contributed by atoms with Gasteiger partial charge in [0.1, 0.15) is 5.94 Å². The number of para-hydroxylation sites is 1. The van der Waals surface area contributed by atoms with Gasteiger partial charge in [0.05, 0.1) is 13.7 Å². The molecule has 0 spiro atoms. The number of methoxy groups -OCH3 is 1. The summed E-state index contributed by atoms with van der Waals surface area (Å²) in [4.78, 5) is 22.8. The summed E-state index contributed by atoms with van der Waals surface area (Å²) in [6.07, 6.45) is 0.719. The third-order valence-corrected chi connectivity index (χ3v) is 1.82. The zero-order valence-corrected chi connectivity index (χ0v) is 8.34. The smallest absolute Gasteiger partial charge is 0.414 e. The lowest BCUT2D eigenvalue weighted by molar-refractivity contribution is 0.179. The van der Waals surface area contributed by atoms with Crippen LogP contribution >= 0.6 is 0 Å². The van der Waals surface area contributed by atoms with Crippen LogP contribution < -0.4 is 4.90 Å². The predicted octanol–water partition coefficient (Wildman–Crippen LogP) is 1.65. The highest BCUT2D eigenvalue weighted by Crippen LogP contribution is 2.13. The van der Waals surface area contributed by atoms with Crippen LogP contribution in [0.4, 0.5) is 10.5 Å². The summed E-state index contributed by atoms with van der Waals surface area (Å²) in [5.41, 5.74) is 0.677. The molecular weight excluding hydrogens is 194 g/mol. The van der Waals surface area contributed by atoms with Crippen molar-refractivity contribution in [1.29, 1.82) is 0 Å². The second-order valence-corrected chi connectivity index (χ2v) is 2.74. The van der Waals surface area contributed by atoms with E-state index in [0.29, 0.717) is 5.69 Å². The monoisotopic (exact) mass is 205 g/mol. The quantitative estimate of drug-likeness (QED) is 0.705. The predicted molar refractivity (Wildman–Crippen MR) is 56.5 cm³/mol. The van der Waals surface area contributed by atoms with E-state index in [1.807, 2.05) is 6.07 Å². The van der Waals surface area contributed by atoms with Crippen LogP contribution in [0.5, 0.6) is 0 Å². The fraction of sp³-hybridized carbons (Fsp3) is 0.182. The van der Waals surface area contributed by atoms with Gasteiger partial charge >= 0.3 is 6.09 Å². The maximum absolute atomic E-state index is 11.4. The molecule has 0 aliphatic carbocycles. The third-order valence-electron chi connectivity index (χ3n) is 1.82. The summed E-state index contributed by atoms with van der Waals surface area (Å²) in [6, 6.07) is 8.96. The first-order valence-electron chi connectivity index (χ1n) is 4.39. The fourth-order valence-corrected chi connectivity index (χ4v) is 1.13. The molecule has 1 amide bonds. The molecule has 4 nitrogen and oxygen atoms in total. The van der Waals surface area contributed by atoms with E-state index in [1.54, 1.807) is 30.2 Å². The number of carbonyl (C=O) groups is 1. The number of amides is 1. The molecule has 0 radical (unpaired) electrons. The number of hydrogen-bond donors (Lipinski definition) is 0.